The summed E-state index contributed by atoms with van der Waals surface area (Å²) >= 11 is 0. The van der Waals surface area contributed by atoms with Gasteiger partial charge < -0.3 is 8.98 Å². The van der Waals surface area contributed by atoms with Crippen molar-refractivity contribution < 1.29 is 18.1 Å². The quantitative estimate of drug-likeness (QED) is 0.186. The molecule has 0 saturated carbocycles. The van der Waals surface area contributed by atoms with Crippen molar-refractivity contribution in [1.82, 2.24) is 19.5 Å². The van der Waals surface area contributed by atoms with E-state index in [1.165, 1.54) is 0 Å². The van der Waals surface area contributed by atoms with Gasteiger partial charge in [-0.1, -0.05) is 115 Å². The van der Waals surface area contributed by atoms with E-state index in [0.717, 1.165) is 60.6 Å². The highest BCUT2D eigenvalue weighted by Gasteiger charge is 2.18. The summed E-state index contributed by atoms with van der Waals surface area (Å²) in [4.78, 5) is 13.7. The van der Waals surface area contributed by atoms with Gasteiger partial charge in [-0.25, -0.2) is 15.0 Å². The fraction of sp³-hybridized carbons (Fsp3) is 0. The molecular weight excluding hydrogens is 613 g/mol. The summed E-state index contributed by atoms with van der Waals surface area (Å²) < 4.78 is 92.7. The van der Waals surface area contributed by atoms with Crippen molar-refractivity contribution in [2.75, 3.05) is 0 Å². The molecular formula is C45H28N4O. The lowest BCUT2D eigenvalue weighted by molar-refractivity contribution is 0.668. The average Bonchev–Trinajstić information content (AvgIpc) is 3.81. The van der Waals surface area contributed by atoms with E-state index in [4.69, 9.17) is 18.1 Å². The number of hydrogen-bond donors (Lipinski definition) is 0. The highest BCUT2D eigenvalue weighted by atomic mass is 16.3. The molecule has 0 aliphatic carbocycles. The van der Waals surface area contributed by atoms with E-state index in [-0.39, 0.29) is 28.6 Å². The van der Waals surface area contributed by atoms with Gasteiger partial charge in [0.1, 0.15) is 11.2 Å². The number of aromatic nitrogens is 4. The predicted octanol–water partition coefficient (Wildman–Crippen LogP) is 11.5. The fourth-order valence-corrected chi connectivity index (χ4v) is 6.56. The lowest BCUT2D eigenvalue weighted by Gasteiger charge is -2.10. The third kappa shape index (κ3) is 4.67. The SMILES string of the molecule is [2H]c1c([2H])c([2H])c(-c2nc(-c3ccc4c(c3)c3ccccc3n4-c3ccc4c(c3)oc3ccc(-c5ccccc5)cc34)nc(-c3c([2H])c([2H])c([2H])c([2H])c3[2H])n2)c([2H])c1[2H]. The van der Waals surface area contributed by atoms with Crippen molar-refractivity contribution in [1.29, 1.82) is 0 Å². The van der Waals surface area contributed by atoms with E-state index >= 15 is 0 Å². The molecule has 0 fully saturated rings. The maximum atomic E-state index is 8.67. The molecule has 234 valence electrons. The third-order valence-corrected chi connectivity index (χ3v) is 8.83. The van der Waals surface area contributed by atoms with Crippen molar-refractivity contribution in [3.05, 3.63) is 170 Å². The van der Waals surface area contributed by atoms with Crippen LogP contribution in [0.4, 0.5) is 0 Å². The van der Waals surface area contributed by atoms with Gasteiger partial charge in [-0.15, -0.1) is 0 Å². The molecule has 5 heteroatoms. The Morgan fingerprint density at radius 3 is 1.78 bits per heavy atom. The van der Waals surface area contributed by atoms with Crippen LogP contribution in [0.5, 0.6) is 0 Å². The Bertz CT molecular complexity index is 3310. The third-order valence-electron chi connectivity index (χ3n) is 8.83. The summed E-state index contributed by atoms with van der Waals surface area (Å²) in [6.07, 6.45) is 0. The van der Waals surface area contributed by atoms with Crippen molar-refractivity contribution >= 4 is 43.7 Å². The van der Waals surface area contributed by atoms with Crippen LogP contribution in [0.25, 0.3) is 94.7 Å². The number of hydrogen-bond acceptors (Lipinski definition) is 4. The van der Waals surface area contributed by atoms with E-state index < -0.39 is 60.4 Å². The Labute approximate surface area is 301 Å². The monoisotopic (exact) mass is 650 g/mol. The molecule has 0 aliphatic rings. The van der Waals surface area contributed by atoms with Crippen LogP contribution in [0.3, 0.4) is 0 Å². The number of para-hydroxylation sites is 1. The van der Waals surface area contributed by atoms with E-state index in [0.29, 0.717) is 5.56 Å². The summed E-state index contributed by atoms with van der Waals surface area (Å²) in [5.74, 6) is -0.654. The first-order valence-corrected chi connectivity index (χ1v) is 15.9. The predicted molar refractivity (Wildman–Crippen MR) is 203 cm³/mol. The van der Waals surface area contributed by atoms with Gasteiger partial charge in [0.05, 0.1) is 24.7 Å². The van der Waals surface area contributed by atoms with Gasteiger partial charge in [0.25, 0.3) is 0 Å². The molecule has 0 saturated heterocycles. The molecule has 0 atom stereocenters. The number of rotatable bonds is 5. The molecule has 0 aliphatic heterocycles. The van der Waals surface area contributed by atoms with Gasteiger partial charge in [0.2, 0.25) is 0 Å². The standard InChI is InChI=1S/C45H28N4O/c1-4-12-29(13-5-1)32-21-25-41-38(26-32)36-23-22-34(28-42(36)50-41)49-39-19-11-10-18-35(39)37-27-33(20-24-40(37)49)45-47-43(30-14-6-2-7-15-30)46-44(48-45)31-16-8-3-9-17-31/h1-28H/i2D,3D,6D,7D,8D,9D,14D,15D,16D,17D. The van der Waals surface area contributed by atoms with E-state index in [1.54, 1.807) is 6.07 Å². The fourth-order valence-electron chi connectivity index (χ4n) is 6.56. The van der Waals surface area contributed by atoms with E-state index in [9.17, 15) is 0 Å². The molecule has 5 nitrogen and oxygen atoms in total. The van der Waals surface area contributed by atoms with Crippen molar-refractivity contribution in [3.63, 3.8) is 0 Å². The summed E-state index contributed by atoms with van der Waals surface area (Å²) in [5, 5.41) is 3.70. The summed E-state index contributed by atoms with van der Waals surface area (Å²) in [6.45, 7) is 0. The topological polar surface area (TPSA) is 56.7 Å². The number of furan rings is 1. The Morgan fingerprint density at radius 2 is 1.04 bits per heavy atom. The molecule has 0 unspecified atom stereocenters. The molecule has 7 aromatic carbocycles. The molecule has 0 spiro atoms. The zero-order valence-electron chi connectivity index (χ0n) is 36.1. The van der Waals surface area contributed by atoms with Gasteiger partial charge in [-0.2, -0.15) is 0 Å². The van der Waals surface area contributed by atoms with Crippen LogP contribution in [-0.2, 0) is 0 Å². The first kappa shape index (κ1) is 19.8. The average molecular weight is 651 g/mol. The summed E-state index contributed by atoms with van der Waals surface area (Å²) in [7, 11) is 0. The summed E-state index contributed by atoms with van der Waals surface area (Å²) in [5.41, 5.74) is 6.09. The van der Waals surface area contributed by atoms with Gasteiger partial charge in [-0.05, 0) is 59.7 Å². The first-order valence-electron chi connectivity index (χ1n) is 20.9. The Kier molecular flexibility index (Phi) is 4.52. The second-order valence-corrected chi connectivity index (χ2v) is 11.8. The molecule has 0 N–H and O–H groups in total. The first-order chi connectivity index (χ1) is 28.9. The van der Waals surface area contributed by atoms with Gasteiger partial charge in [0, 0.05) is 50.0 Å². The van der Waals surface area contributed by atoms with Crippen LogP contribution < -0.4 is 0 Å². The summed E-state index contributed by atoms with van der Waals surface area (Å²) in [6, 6.07) is 30.0. The minimum Gasteiger partial charge on any atom is -0.456 e. The van der Waals surface area contributed by atoms with Crippen LogP contribution in [0, 0.1) is 0 Å². The maximum absolute atomic E-state index is 8.67. The zero-order valence-corrected chi connectivity index (χ0v) is 26.1. The Hall–Kier alpha value is -6.85. The highest BCUT2D eigenvalue weighted by molar-refractivity contribution is 6.11. The molecule has 50 heavy (non-hydrogen) atoms. The van der Waals surface area contributed by atoms with Crippen molar-refractivity contribution in [2.45, 2.75) is 0 Å². The van der Waals surface area contributed by atoms with Crippen LogP contribution in [0.15, 0.2) is 174 Å². The lowest BCUT2D eigenvalue weighted by Crippen LogP contribution is -2.00. The number of benzene rings is 7. The smallest absolute Gasteiger partial charge is 0.164 e. The van der Waals surface area contributed by atoms with Crippen molar-refractivity contribution in [2.24, 2.45) is 0 Å². The van der Waals surface area contributed by atoms with Gasteiger partial charge in [0.15, 0.2) is 17.5 Å². The normalized spacial score (nSPS) is 14.4. The van der Waals surface area contributed by atoms with Crippen LogP contribution >= 0.6 is 0 Å². The molecule has 0 radical (unpaired) electrons. The second-order valence-electron chi connectivity index (χ2n) is 11.8. The zero-order chi connectivity index (χ0) is 41.7. The largest absolute Gasteiger partial charge is 0.456 e. The van der Waals surface area contributed by atoms with Crippen LogP contribution in [-0.4, -0.2) is 19.5 Å². The Balaban J connectivity index is 1.17. The minimum atomic E-state index is -0.607. The van der Waals surface area contributed by atoms with Crippen LogP contribution in [0.2, 0.25) is 0 Å². The molecule has 3 heterocycles. The molecule has 3 aromatic heterocycles. The van der Waals surface area contributed by atoms with Crippen molar-refractivity contribution in [3.8, 4) is 51.0 Å². The number of fused-ring (bicyclic) bond motifs is 6. The second kappa shape index (κ2) is 11.4. The van der Waals surface area contributed by atoms with E-state index in [2.05, 4.69) is 55.9 Å². The molecule has 10 rings (SSSR count). The van der Waals surface area contributed by atoms with E-state index in [1.807, 2.05) is 66.7 Å². The molecule has 0 amide bonds. The molecule has 0 bridgehead atoms. The number of nitrogens with zero attached hydrogens (tertiary/aromatic N) is 4. The van der Waals surface area contributed by atoms with Gasteiger partial charge in [-0.3, -0.25) is 0 Å². The minimum absolute atomic E-state index is 0.00841. The lowest BCUT2D eigenvalue weighted by atomic mass is 10.0. The molecule has 10 aromatic rings. The van der Waals surface area contributed by atoms with Crippen LogP contribution in [0.1, 0.15) is 13.7 Å². The highest BCUT2D eigenvalue weighted by Crippen LogP contribution is 2.38. The Morgan fingerprint density at radius 1 is 0.420 bits per heavy atom. The maximum Gasteiger partial charge on any atom is 0.164 e. The van der Waals surface area contributed by atoms with Gasteiger partial charge >= 0.3 is 0 Å².